The van der Waals surface area contributed by atoms with Crippen molar-refractivity contribution in [2.45, 2.75) is 51.7 Å². The molecular weight excluding hydrogens is 404 g/mol. The second-order valence-electron chi connectivity index (χ2n) is 9.04. The molecule has 2 aliphatic rings. The molecular formula is C25H30N4O3. The Morgan fingerprint density at radius 1 is 1.28 bits per heavy atom. The number of guanidine groups is 1. The van der Waals surface area contributed by atoms with Crippen molar-refractivity contribution >= 4 is 17.8 Å². The van der Waals surface area contributed by atoms with Gasteiger partial charge >= 0.3 is 0 Å². The van der Waals surface area contributed by atoms with Crippen molar-refractivity contribution in [3.8, 4) is 5.75 Å². The van der Waals surface area contributed by atoms with Crippen molar-refractivity contribution in [2.75, 3.05) is 6.61 Å². The Balaban J connectivity index is 1.49. The highest BCUT2D eigenvalue weighted by Crippen LogP contribution is 2.32. The Hall–Kier alpha value is -3.35. The van der Waals surface area contributed by atoms with Gasteiger partial charge in [-0.3, -0.25) is 14.5 Å². The van der Waals surface area contributed by atoms with Gasteiger partial charge in [0.15, 0.2) is 5.96 Å². The number of aliphatic imine (C=N–C) groups is 1. The molecule has 0 unspecified atom stereocenters. The van der Waals surface area contributed by atoms with Crippen LogP contribution in [0, 0.1) is 5.92 Å². The van der Waals surface area contributed by atoms with Crippen molar-refractivity contribution in [2.24, 2.45) is 16.6 Å². The van der Waals surface area contributed by atoms with Gasteiger partial charge in [0.2, 0.25) is 5.91 Å². The van der Waals surface area contributed by atoms with Gasteiger partial charge in [0, 0.05) is 17.5 Å². The van der Waals surface area contributed by atoms with E-state index in [2.05, 4.69) is 10.3 Å². The zero-order valence-electron chi connectivity index (χ0n) is 18.8. The standard InChI is InChI=1S/C25H30N4O3/c1-16(2)25(3)14-22(30)29(24(26)28-25)15-17-7-6-8-18(13-17)23(31)27-20-11-12-32-21-10-5-4-9-19(20)21/h4-10,13,16,20H,11-12,14-15H2,1-3H3,(H2,26,28)(H,27,31)/t20-,25-/m0/s1. The average molecular weight is 435 g/mol. The monoisotopic (exact) mass is 434 g/mol. The molecule has 0 bridgehead atoms. The second-order valence-corrected chi connectivity index (χ2v) is 9.04. The quantitative estimate of drug-likeness (QED) is 0.754. The Morgan fingerprint density at radius 2 is 2.06 bits per heavy atom. The van der Waals surface area contributed by atoms with E-state index in [0.717, 1.165) is 16.9 Å². The molecule has 0 aromatic heterocycles. The number of amides is 2. The largest absolute Gasteiger partial charge is 0.493 e. The maximum Gasteiger partial charge on any atom is 0.251 e. The van der Waals surface area contributed by atoms with E-state index in [4.69, 9.17) is 10.5 Å². The van der Waals surface area contributed by atoms with E-state index in [1.165, 1.54) is 4.90 Å². The average Bonchev–Trinajstić information content (AvgIpc) is 2.76. The molecule has 7 heteroatoms. The molecule has 7 nitrogen and oxygen atoms in total. The summed E-state index contributed by atoms with van der Waals surface area (Å²) in [7, 11) is 0. The van der Waals surface area contributed by atoms with E-state index in [0.29, 0.717) is 25.0 Å². The maximum atomic E-state index is 13.0. The number of carbonyl (C=O) groups is 2. The first-order valence-electron chi connectivity index (χ1n) is 11.0. The topological polar surface area (TPSA) is 97.0 Å². The van der Waals surface area contributed by atoms with Crippen LogP contribution in [0.25, 0.3) is 0 Å². The van der Waals surface area contributed by atoms with Gasteiger partial charge in [-0.25, -0.2) is 4.99 Å². The van der Waals surface area contributed by atoms with Crippen LogP contribution >= 0.6 is 0 Å². The van der Waals surface area contributed by atoms with Crippen LogP contribution in [-0.4, -0.2) is 34.8 Å². The Labute approximate surface area is 188 Å². The van der Waals surface area contributed by atoms with Crippen LogP contribution in [0.15, 0.2) is 53.5 Å². The number of nitrogens with zero attached hydrogens (tertiary/aromatic N) is 2. The second kappa shape index (κ2) is 8.65. The van der Waals surface area contributed by atoms with Gasteiger partial charge in [-0.1, -0.05) is 44.2 Å². The summed E-state index contributed by atoms with van der Waals surface area (Å²) in [4.78, 5) is 31.9. The van der Waals surface area contributed by atoms with Gasteiger partial charge in [0.05, 0.1) is 31.2 Å². The molecule has 0 radical (unpaired) electrons. The molecule has 2 heterocycles. The number of carbonyl (C=O) groups excluding carboxylic acids is 2. The third kappa shape index (κ3) is 4.33. The smallest absolute Gasteiger partial charge is 0.251 e. The minimum atomic E-state index is -0.487. The van der Waals surface area contributed by atoms with Crippen molar-refractivity contribution in [1.29, 1.82) is 0 Å². The fourth-order valence-corrected chi connectivity index (χ4v) is 4.12. The summed E-state index contributed by atoms with van der Waals surface area (Å²) in [6, 6.07) is 14.9. The van der Waals surface area contributed by atoms with E-state index < -0.39 is 5.54 Å². The van der Waals surface area contributed by atoms with Gasteiger partial charge < -0.3 is 15.8 Å². The van der Waals surface area contributed by atoms with Gasteiger partial charge in [0.25, 0.3) is 5.91 Å². The van der Waals surface area contributed by atoms with E-state index >= 15 is 0 Å². The van der Waals surface area contributed by atoms with Gasteiger partial charge in [0.1, 0.15) is 5.75 Å². The summed E-state index contributed by atoms with van der Waals surface area (Å²) in [6.45, 7) is 6.88. The fourth-order valence-electron chi connectivity index (χ4n) is 4.12. The Kier molecular flexibility index (Phi) is 5.91. The van der Waals surface area contributed by atoms with Gasteiger partial charge in [-0.2, -0.15) is 0 Å². The lowest BCUT2D eigenvalue weighted by Crippen LogP contribution is -2.51. The van der Waals surface area contributed by atoms with Crippen molar-refractivity contribution in [3.63, 3.8) is 0 Å². The number of para-hydroxylation sites is 1. The summed E-state index contributed by atoms with van der Waals surface area (Å²) in [6.07, 6.45) is 1.03. The molecule has 4 rings (SSSR count). The van der Waals surface area contributed by atoms with E-state index in [1.54, 1.807) is 12.1 Å². The Morgan fingerprint density at radius 3 is 2.81 bits per heavy atom. The van der Waals surface area contributed by atoms with Crippen LogP contribution < -0.4 is 15.8 Å². The summed E-state index contributed by atoms with van der Waals surface area (Å²) in [5.41, 5.74) is 8.02. The van der Waals surface area contributed by atoms with Crippen molar-refractivity contribution < 1.29 is 14.3 Å². The van der Waals surface area contributed by atoms with Crippen LogP contribution in [0.5, 0.6) is 5.75 Å². The Bertz CT molecular complexity index is 1060. The number of nitrogens with two attached hydrogens (primary N) is 1. The molecule has 0 aliphatic carbocycles. The van der Waals surface area contributed by atoms with Crippen molar-refractivity contribution in [1.82, 2.24) is 10.2 Å². The van der Waals surface area contributed by atoms with Crippen LogP contribution in [0.4, 0.5) is 0 Å². The molecule has 168 valence electrons. The van der Waals surface area contributed by atoms with Crippen LogP contribution in [0.1, 0.15) is 61.1 Å². The number of benzene rings is 2. The molecule has 2 aliphatic heterocycles. The lowest BCUT2D eigenvalue weighted by Gasteiger charge is -2.37. The van der Waals surface area contributed by atoms with Gasteiger partial charge in [-0.05, 0) is 36.6 Å². The minimum absolute atomic E-state index is 0.0534. The molecule has 0 saturated heterocycles. The normalized spacial score (nSPS) is 22.8. The highest BCUT2D eigenvalue weighted by molar-refractivity contribution is 5.99. The molecule has 0 saturated carbocycles. The number of hydrogen-bond donors (Lipinski definition) is 2. The predicted octanol–water partition coefficient (Wildman–Crippen LogP) is 3.40. The van der Waals surface area contributed by atoms with Crippen LogP contribution in [-0.2, 0) is 11.3 Å². The number of nitrogens with one attached hydrogen (secondary N) is 1. The maximum absolute atomic E-state index is 13.0. The molecule has 3 N–H and O–H groups in total. The summed E-state index contributed by atoms with van der Waals surface area (Å²) < 4.78 is 5.68. The van der Waals surface area contributed by atoms with Gasteiger partial charge in [-0.15, -0.1) is 0 Å². The molecule has 0 spiro atoms. The van der Waals surface area contributed by atoms with Crippen LogP contribution in [0.2, 0.25) is 0 Å². The molecule has 2 aromatic carbocycles. The number of rotatable bonds is 5. The zero-order valence-corrected chi connectivity index (χ0v) is 18.8. The molecule has 2 aromatic rings. The first-order valence-corrected chi connectivity index (χ1v) is 11.0. The first kappa shape index (κ1) is 21.9. The summed E-state index contributed by atoms with van der Waals surface area (Å²) in [5.74, 6) is 1.03. The van der Waals surface area contributed by atoms with Crippen LogP contribution in [0.3, 0.4) is 0 Å². The third-order valence-electron chi connectivity index (χ3n) is 6.49. The summed E-state index contributed by atoms with van der Waals surface area (Å²) >= 11 is 0. The van der Waals surface area contributed by atoms with E-state index in [-0.39, 0.29) is 36.3 Å². The minimum Gasteiger partial charge on any atom is -0.493 e. The number of ether oxygens (including phenoxy) is 1. The van der Waals surface area contributed by atoms with E-state index in [1.807, 2.05) is 57.2 Å². The molecule has 0 fully saturated rings. The lowest BCUT2D eigenvalue weighted by atomic mass is 9.84. The van der Waals surface area contributed by atoms with E-state index in [9.17, 15) is 9.59 Å². The fraction of sp³-hybridized carbons (Fsp3) is 0.400. The zero-order chi connectivity index (χ0) is 22.9. The molecule has 32 heavy (non-hydrogen) atoms. The van der Waals surface area contributed by atoms with Crippen molar-refractivity contribution in [3.05, 3.63) is 65.2 Å². The first-order chi connectivity index (χ1) is 15.3. The number of hydrogen-bond acceptors (Lipinski definition) is 5. The predicted molar refractivity (Wildman–Crippen MR) is 123 cm³/mol. The summed E-state index contributed by atoms with van der Waals surface area (Å²) in [5, 5.41) is 3.12. The third-order valence-corrected chi connectivity index (χ3v) is 6.49. The molecule has 2 amide bonds. The molecule has 2 atom stereocenters. The highest BCUT2D eigenvalue weighted by Gasteiger charge is 2.38. The SMILES string of the molecule is CC(C)[C@]1(C)CC(=O)N(Cc2cccc(C(=O)N[C@H]3CCOc4ccccc43)c2)C(N)=N1. The lowest BCUT2D eigenvalue weighted by molar-refractivity contribution is -0.130. The number of fused-ring (bicyclic) bond motifs is 1. The highest BCUT2D eigenvalue weighted by atomic mass is 16.5.